The first-order valence-corrected chi connectivity index (χ1v) is 3.32. The quantitative estimate of drug-likeness (QED) is 0.556. The Balaban J connectivity index is 2.55. The smallest absolute Gasteiger partial charge is 0.314 e. The van der Waals surface area contributed by atoms with E-state index >= 15 is 0 Å². The molecule has 1 saturated heterocycles. The fraction of sp³-hybridized carbons (Fsp3) is 1.00. The maximum atomic E-state index is 12.0. The maximum absolute atomic E-state index is 12.0. The first kappa shape index (κ1) is 7.85. The predicted molar refractivity (Wildman–Crippen MR) is 31.6 cm³/mol. The fourth-order valence-electron chi connectivity index (χ4n) is 1.31. The van der Waals surface area contributed by atoms with Gasteiger partial charge in [-0.1, -0.05) is 0 Å². The van der Waals surface area contributed by atoms with Crippen LogP contribution in [0.1, 0.15) is 13.3 Å². The molecule has 0 aliphatic carbocycles. The SMILES string of the molecule is CC1NCCC1C(F)(F)F. The zero-order chi connectivity index (χ0) is 7.78. The topological polar surface area (TPSA) is 12.0 Å². The number of hydrogen-bond donors (Lipinski definition) is 1. The van der Waals surface area contributed by atoms with E-state index in [1.165, 1.54) is 0 Å². The molecule has 0 saturated carbocycles. The molecular weight excluding hydrogens is 143 g/mol. The van der Waals surface area contributed by atoms with Crippen molar-refractivity contribution in [3.63, 3.8) is 0 Å². The molecule has 1 aliphatic rings. The lowest BCUT2D eigenvalue weighted by Gasteiger charge is -2.17. The number of rotatable bonds is 0. The van der Waals surface area contributed by atoms with Gasteiger partial charge in [-0.15, -0.1) is 0 Å². The van der Waals surface area contributed by atoms with E-state index in [9.17, 15) is 13.2 Å². The Morgan fingerprint density at radius 2 is 2.00 bits per heavy atom. The van der Waals surface area contributed by atoms with Crippen molar-refractivity contribution >= 4 is 0 Å². The average molecular weight is 153 g/mol. The van der Waals surface area contributed by atoms with E-state index in [-0.39, 0.29) is 6.42 Å². The zero-order valence-electron chi connectivity index (χ0n) is 5.70. The molecule has 1 nitrogen and oxygen atoms in total. The van der Waals surface area contributed by atoms with E-state index in [1.54, 1.807) is 6.92 Å². The molecule has 0 aromatic heterocycles. The first-order valence-electron chi connectivity index (χ1n) is 3.32. The predicted octanol–water partition coefficient (Wildman–Crippen LogP) is 1.55. The van der Waals surface area contributed by atoms with Crippen molar-refractivity contribution in [3.8, 4) is 0 Å². The van der Waals surface area contributed by atoms with Crippen molar-refractivity contribution in [3.05, 3.63) is 0 Å². The number of halogens is 3. The molecule has 2 atom stereocenters. The van der Waals surface area contributed by atoms with Gasteiger partial charge in [0.2, 0.25) is 0 Å². The Bertz CT molecular complexity index is 121. The minimum absolute atomic E-state index is 0.227. The van der Waals surface area contributed by atoms with Gasteiger partial charge in [0.05, 0.1) is 5.92 Å². The summed E-state index contributed by atoms with van der Waals surface area (Å²) in [7, 11) is 0. The highest BCUT2D eigenvalue weighted by atomic mass is 19.4. The van der Waals surface area contributed by atoms with Gasteiger partial charge in [0.1, 0.15) is 0 Å². The monoisotopic (exact) mass is 153 g/mol. The van der Waals surface area contributed by atoms with Gasteiger partial charge in [-0.05, 0) is 19.9 Å². The van der Waals surface area contributed by atoms with E-state index in [0.717, 1.165) is 0 Å². The summed E-state index contributed by atoms with van der Waals surface area (Å²) in [5.74, 6) is -1.13. The number of hydrogen-bond acceptors (Lipinski definition) is 1. The standard InChI is InChI=1S/C6H10F3N/c1-4-5(2-3-10-4)6(7,8)9/h4-5,10H,2-3H2,1H3. The number of alkyl halides is 3. The van der Waals surface area contributed by atoms with Crippen molar-refractivity contribution < 1.29 is 13.2 Å². The molecule has 4 heteroatoms. The Labute approximate surface area is 57.6 Å². The molecule has 2 unspecified atom stereocenters. The van der Waals surface area contributed by atoms with Gasteiger partial charge < -0.3 is 5.32 Å². The van der Waals surface area contributed by atoms with Crippen molar-refractivity contribution in [2.75, 3.05) is 6.54 Å². The largest absolute Gasteiger partial charge is 0.393 e. The molecule has 0 bridgehead atoms. The van der Waals surface area contributed by atoms with E-state index in [0.29, 0.717) is 6.54 Å². The second kappa shape index (κ2) is 2.42. The second-order valence-corrected chi connectivity index (χ2v) is 2.68. The van der Waals surface area contributed by atoms with Crippen LogP contribution in [0.5, 0.6) is 0 Å². The lowest BCUT2D eigenvalue weighted by Crippen LogP contribution is -2.32. The first-order chi connectivity index (χ1) is 4.52. The van der Waals surface area contributed by atoms with Crippen LogP contribution in [0.4, 0.5) is 13.2 Å². The molecule has 0 spiro atoms. The Morgan fingerprint density at radius 3 is 2.20 bits per heavy atom. The highest BCUT2D eigenvalue weighted by Gasteiger charge is 2.44. The Kier molecular flexibility index (Phi) is 1.90. The van der Waals surface area contributed by atoms with Crippen LogP contribution >= 0.6 is 0 Å². The molecule has 1 aliphatic heterocycles. The second-order valence-electron chi connectivity index (χ2n) is 2.68. The van der Waals surface area contributed by atoms with Gasteiger partial charge in [0.15, 0.2) is 0 Å². The third kappa shape index (κ3) is 1.42. The van der Waals surface area contributed by atoms with Crippen molar-refractivity contribution in [1.29, 1.82) is 0 Å². The van der Waals surface area contributed by atoms with Gasteiger partial charge in [-0.2, -0.15) is 13.2 Å². The molecule has 0 amide bonds. The summed E-state index contributed by atoms with van der Waals surface area (Å²) in [6, 6.07) is -0.403. The minimum atomic E-state index is -4.01. The normalized spacial score (nSPS) is 34.8. The summed E-state index contributed by atoms with van der Waals surface area (Å²) in [5, 5.41) is 2.76. The van der Waals surface area contributed by atoms with Gasteiger partial charge in [-0.3, -0.25) is 0 Å². The molecule has 1 fully saturated rings. The highest BCUT2D eigenvalue weighted by Crippen LogP contribution is 2.33. The summed E-state index contributed by atoms with van der Waals surface area (Å²) in [6.45, 7) is 2.07. The minimum Gasteiger partial charge on any atom is -0.314 e. The Morgan fingerprint density at radius 1 is 1.40 bits per heavy atom. The van der Waals surface area contributed by atoms with Crippen LogP contribution < -0.4 is 5.32 Å². The summed E-state index contributed by atoms with van der Waals surface area (Å²) < 4.78 is 35.9. The molecule has 1 rings (SSSR count). The summed E-state index contributed by atoms with van der Waals surface area (Å²) >= 11 is 0. The third-order valence-corrected chi connectivity index (χ3v) is 1.95. The Hall–Kier alpha value is -0.250. The lowest BCUT2D eigenvalue weighted by molar-refractivity contribution is -0.175. The van der Waals surface area contributed by atoms with Crippen LogP contribution in [0, 0.1) is 5.92 Å². The van der Waals surface area contributed by atoms with Crippen LogP contribution in [-0.4, -0.2) is 18.8 Å². The summed E-state index contributed by atoms with van der Waals surface area (Å²) in [4.78, 5) is 0. The maximum Gasteiger partial charge on any atom is 0.393 e. The average Bonchev–Trinajstić information content (AvgIpc) is 2.11. The molecule has 1 heterocycles. The fourth-order valence-corrected chi connectivity index (χ4v) is 1.31. The van der Waals surface area contributed by atoms with E-state index < -0.39 is 18.1 Å². The van der Waals surface area contributed by atoms with E-state index in [2.05, 4.69) is 5.32 Å². The van der Waals surface area contributed by atoms with Crippen LogP contribution in [-0.2, 0) is 0 Å². The molecular formula is C6H10F3N. The van der Waals surface area contributed by atoms with Gasteiger partial charge >= 0.3 is 6.18 Å². The van der Waals surface area contributed by atoms with Crippen molar-refractivity contribution in [2.24, 2.45) is 5.92 Å². The van der Waals surface area contributed by atoms with Crippen LogP contribution in [0.3, 0.4) is 0 Å². The number of nitrogens with one attached hydrogen (secondary N) is 1. The third-order valence-electron chi connectivity index (χ3n) is 1.95. The molecule has 0 aromatic carbocycles. The van der Waals surface area contributed by atoms with Gasteiger partial charge in [-0.25, -0.2) is 0 Å². The van der Waals surface area contributed by atoms with E-state index in [1.807, 2.05) is 0 Å². The molecule has 10 heavy (non-hydrogen) atoms. The summed E-state index contributed by atoms with van der Waals surface area (Å²) in [6.07, 6.45) is -3.78. The zero-order valence-corrected chi connectivity index (χ0v) is 5.70. The molecule has 60 valence electrons. The van der Waals surface area contributed by atoms with Crippen molar-refractivity contribution in [1.82, 2.24) is 5.32 Å². The molecule has 0 radical (unpaired) electrons. The van der Waals surface area contributed by atoms with Gasteiger partial charge in [0.25, 0.3) is 0 Å². The van der Waals surface area contributed by atoms with Crippen LogP contribution in [0.2, 0.25) is 0 Å². The van der Waals surface area contributed by atoms with Gasteiger partial charge in [0, 0.05) is 6.04 Å². The molecule has 1 N–H and O–H groups in total. The summed E-state index contributed by atoms with van der Waals surface area (Å²) in [5.41, 5.74) is 0. The highest BCUT2D eigenvalue weighted by molar-refractivity contribution is 4.84. The van der Waals surface area contributed by atoms with Crippen molar-refractivity contribution in [2.45, 2.75) is 25.6 Å². The van der Waals surface area contributed by atoms with Crippen LogP contribution in [0.15, 0.2) is 0 Å². The molecule has 0 aromatic rings. The van der Waals surface area contributed by atoms with E-state index in [4.69, 9.17) is 0 Å². The van der Waals surface area contributed by atoms with Crippen LogP contribution in [0.25, 0.3) is 0 Å². The lowest BCUT2D eigenvalue weighted by atomic mass is 10.0.